The molecule has 0 saturated carbocycles. The van der Waals surface area contributed by atoms with Gasteiger partial charge >= 0.3 is 0 Å². The van der Waals surface area contributed by atoms with Gasteiger partial charge in [0.05, 0.1) is 10.7 Å². The number of nitrogens with two attached hydrogens (primary N) is 1. The maximum Gasteiger partial charge on any atom is 0.125 e. The van der Waals surface area contributed by atoms with E-state index >= 15 is 0 Å². The van der Waals surface area contributed by atoms with Crippen LogP contribution < -0.4 is 10.6 Å². The van der Waals surface area contributed by atoms with Crippen LogP contribution in [0.25, 0.3) is 0 Å². The molecule has 0 radical (unpaired) electrons. The highest BCUT2D eigenvalue weighted by Crippen LogP contribution is 2.31. The first-order chi connectivity index (χ1) is 8.99. The van der Waals surface area contributed by atoms with Crippen LogP contribution in [0.3, 0.4) is 0 Å². The van der Waals surface area contributed by atoms with Crippen LogP contribution in [0.15, 0.2) is 42.5 Å². The number of hydrogen-bond donors (Lipinski definition) is 1. The SMILES string of the molecule is CN(c1cccc(F)c1)c1ccc(C(N)=S)cc1Cl. The maximum absolute atomic E-state index is 13.2. The summed E-state index contributed by atoms with van der Waals surface area (Å²) in [5, 5.41) is 0.511. The maximum atomic E-state index is 13.2. The molecule has 19 heavy (non-hydrogen) atoms. The second-order valence-electron chi connectivity index (χ2n) is 4.07. The minimum atomic E-state index is -0.291. The third-order valence-corrected chi connectivity index (χ3v) is 3.33. The normalized spacial score (nSPS) is 10.3. The predicted molar refractivity (Wildman–Crippen MR) is 81.8 cm³/mol. The van der Waals surface area contributed by atoms with Gasteiger partial charge in [0, 0.05) is 18.3 Å². The summed E-state index contributed by atoms with van der Waals surface area (Å²) in [6.45, 7) is 0. The zero-order valence-corrected chi connectivity index (χ0v) is 11.8. The Bertz CT molecular complexity index is 631. The highest BCUT2D eigenvalue weighted by atomic mass is 35.5. The van der Waals surface area contributed by atoms with E-state index in [2.05, 4.69) is 0 Å². The molecular formula is C14H12ClFN2S. The van der Waals surface area contributed by atoms with Crippen molar-refractivity contribution in [2.45, 2.75) is 0 Å². The molecule has 0 amide bonds. The highest BCUT2D eigenvalue weighted by Gasteiger charge is 2.10. The van der Waals surface area contributed by atoms with Crippen LogP contribution in [0.5, 0.6) is 0 Å². The van der Waals surface area contributed by atoms with E-state index in [1.54, 1.807) is 29.2 Å². The van der Waals surface area contributed by atoms with Crippen molar-refractivity contribution in [2.24, 2.45) is 5.73 Å². The fraction of sp³-hybridized carbons (Fsp3) is 0.0714. The minimum absolute atomic E-state index is 0.291. The van der Waals surface area contributed by atoms with E-state index in [0.29, 0.717) is 21.3 Å². The molecule has 0 aliphatic carbocycles. The summed E-state index contributed by atoms with van der Waals surface area (Å²) >= 11 is 11.1. The van der Waals surface area contributed by atoms with Gasteiger partial charge in [0.25, 0.3) is 0 Å². The fourth-order valence-electron chi connectivity index (χ4n) is 1.76. The number of rotatable bonds is 3. The Balaban J connectivity index is 2.39. The third kappa shape index (κ3) is 3.03. The number of anilines is 2. The Labute approximate surface area is 121 Å². The fourth-order valence-corrected chi connectivity index (χ4v) is 2.19. The Hall–Kier alpha value is -1.65. The Kier molecular flexibility index (Phi) is 4.02. The van der Waals surface area contributed by atoms with Crippen molar-refractivity contribution in [3.05, 3.63) is 58.9 Å². The van der Waals surface area contributed by atoms with Crippen molar-refractivity contribution in [1.82, 2.24) is 0 Å². The molecule has 0 spiro atoms. The first kappa shape index (κ1) is 13.8. The zero-order valence-electron chi connectivity index (χ0n) is 10.2. The van der Waals surface area contributed by atoms with Gasteiger partial charge in [-0.1, -0.05) is 29.9 Å². The van der Waals surface area contributed by atoms with Crippen molar-refractivity contribution < 1.29 is 4.39 Å². The Morgan fingerprint density at radius 1 is 1.26 bits per heavy atom. The van der Waals surface area contributed by atoms with E-state index in [1.807, 2.05) is 13.1 Å². The van der Waals surface area contributed by atoms with E-state index in [1.165, 1.54) is 12.1 Å². The van der Waals surface area contributed by atoms with Gasteiger partial charge in [-0.05, 0) is 36.4 Å². The van der Waals surface area contributed by atoms with Crippen LogP contribution in [0.2, 0.25) is 5.02 Å². The summed E-state index contributed by atoms with van der Waals surface area (Å²) in [5.41, 5.74) is 7.72. The number of hydrogen-bond acceptors (Lipinski definition) is 2. The molecule has 0 bridgehead atoms. The average molecular weight is 295 g/mol. The molecule has 0 aliphatic rings. The molecule has 0 aliphatic heterocycles. The smallest absolute Gasteiger partial charge is 0.125 e. The molecule has 0 fully saturated rings. The van der Waals surface area contributed by atoms with E-state index in [9.17, 15) is 4.39 Å². The second kappa shape index (κ2) is 5.55. The summed E-state index contributed by atoms with van der Waals surface area (Å²) in [4.78, 5) is 2.09. The highest BCUT2D eigenvalue weighted by molar-refractivity contribution is 7.80. The number of thiocarbonyl (C=S) groups is 1. The topological polar surface area (TPSA) is 29.3 Å². The molecular weight excluding hydrogens is 283 g/mol. The van der Waals surface area contributed by atoms with Crippen molar-refractivity contribution in [3.63, 3.8) is 0 Å². The van der Waals surface area contributed by atoms with Gasteiger partial charge in [-0.2, -0.15) is 0 Å². The van der Waals surface area contributed by atoms with Gasteiger partial charge < -0.3 is 10.6 Å². The molecule has 2 N–H and O–H groups in total. The largest absolute Gasteiger partial charge is 0.389 e. The molecule has 0 aromatic heterocycles. The lowest BCUT2D eigenvalue weighted by atomic mass is 10.2. The van der Waals surface area contributed by atoms with Crippen molar-refractivity contribution in [2.75, 3.05) is 11.9 Å². The lowest BCUT2D eigenvalue weighted by Gasteiger charge is -2.21. The quantitative estimate of drug-likeness (QED) is 0.871. The monoisotopic (exact) mass is 294 g/mol. The standard InChI is InChI=1S/C14H12ClFN2S/c1-18(11-4-2-3-10(16)8-11)13-6-5-9(14(17)19)7-12(13)15/h2-8H,1H3,(H2,17,19). The lowest BCUT2D eigenvalue weighted by molar-refractivity contribution is 0.628. The van der Waals surface area contributed by atoms with E-state index in [-0.39, 0.29) is 5.82 Å². The molecule has 0 heterocycles. The van der Waals surface area contributed by atoms with E-state index in [4.69, 9.17) is 29.6 Å². The van der Waals surface area contributed by atoms with Crippen molar-refractivity contribution in [1.29, 1.82) is 0 Å². The molecule has 5 heteroatoms. The molecule has 2 rings (SSSR count). The molecule has 0 atom stereocenters. The Morgan fingerprint density at radius 3 is 2.58 bits per heavy atom. The molecule has 0 unspecified atom stereocenters. The van der Waals surface area contributed by atoms with Crippen molar-refractivity contribution >= 4 is 40.2 Å². The molecule has 2 nitrogen and oxygen atoms in total. The number of halogens is 2. The minimum Gasteiger partial charge on any atom is -0.389 e. The zero-order chi connectivity index (χ0) is 14.0. The number of benzene rings is 2. The van der Waals surface area contributed by atoms with Crippen LogP contribution >= 0.6 is 23.8 Å². The van der Waals surface area contributed by atoms with Gasteiger partial charge in [0.1, 0.15) is 10.8 Å². The Morgan fingerprint density at radius 2 is 2.00 bits per heavy atom. The average Bonchev–Trinajstić information content (AvgIpc) is 2.37. The summed E-state index contributed by atoms with van der Waals surface area (Å²) in [6, 6.07) is 11.6. The summed E-state index contributed by atoms with van der Waals surface area (Å²) in [7, 11) is 1.82. The summed E-state index contributed by atoms with van der Waals surface area (Å²) < 4.78 is 13.2. The van der Waals surface area contributed by atoms with E-state index < -0.39 is 0 Å². The molecule has 0 saturated heterocycles. The van der Waals surface area contributed by atoms with Crippen LogP contribution in [-0.4, -0.2) is 12.0 Å². The van der Waals surface area contributed by atoms with Gasteiger partial charge in [-0.15, -0.1) is 0 Å². The van der Waals surface area contributed by atoms with Crippen LogP contribution in [0.1, 0.15) is 5.56 Å². The van der Waals surface area contributed by atoms with Gasteiger partial charge in [0.15, 0.2) is 0 Å². The van der Waals surface area contributed by atoms with Gasteiger partial charge in [-0.25, -0.2) is 4.39 Å². The van der Waals surface area contributed by atoms with E-state index in [0.717, 1.165) is 5.69 Å². The third-order valence-electron chi connectivity index (χ3n) is 2.79. The lowest BCUT2D eigenvalue weighted by Crippen LogP contribution is -2.12. The molecule has 2 aromatic rings. The second-order valence-corrected chi connectivity index (χ2v) is 4.92. The van der Waals surface area contributed by atoms with Crippen molar-refractivity contribution in [3.8, 4) is 0 Å². The number of nitrogens with zero attached hydrogens (tertiary/aromatic N) is 1. The summed E-state index contributed by atoms with van der Waals surface area (Å²) in [5.74, 6) is -0.291. The van der Waals surface area contributed by atoms with Crippen LogP contribution in [0.4, 0.5) is 15.8 Å². The van der Waals surface area contributed by atoms with Crippen LogP contribution in [-0.2, 0) is 0 Å². The van der Waals surface area contributed by atoms with Crippen LogP contribution in [0, 0.1) is 5.82 Å². The molecule has 98 valence electrons. The predicted octanol–water partition coefficient (Wildman–Crippen LogP) is 3.88. The molecule has 2 aromatic carbocycles. The van der Waals surface area contributed by atoms with Gasteiger partial charge in [-0.3, -0.25) is 0 Å². The first-order valence-electron chi connectivity index (χ1n) is 5.57. The first-order valence-corrected chi connectivity index (χ1v) is 6.36. The van der Waals surface area contributed by atoms with Gasteiger partial charge in [0.2, 0.25) is 0 Å². The summed E-state index contributed by atoms with van der Waals surface area (Å²) in [6.07, 6.45) is 0.